The Morgan fingerprint density at radius 1 is 1.03 bits per heavy atom. The highest BCUT2D eigenvalue weighted by Crippen LogP contribution is 2.43. The molecule has 172 valence electrons. The van der Waals surface area contributed by atoms with Gasteiger partial charge in [0.25, 0.3) is 0 Å². The molecule has 2 N–H and O–H groups in total. The van der Waals surface area contributed by atoms with Crippen molar-refractivity contribution in [2.24, 2.45) is 0 Å². The molecule has 5 heteroatoms. The molecule has 0 saturated carbocycles. The Hall–Kier alpha value is -3.47. The van der Waals surface area contributed by atoms with E-state index in [0.717, 1.165) is 22.4 Å². The average molecular weight is 446 g/mol. The fourth-order valence-corrected chi connectivity index (χ4v) is 4.29. The van der Waals surface area contributed by atoms with Crippen molar-refractivity contribution in [1.29, 1.82) is 0 Å². The normalized spacial score (nSPS) is 17.6. The number of carboxylic acid groups (broad SMARTS) is 1. The molecule has 5 nitrogen and oxygen atoms in total. The highest BCUT2D eigenvalue weighted by atomic mass is 16.5. The molecule has 2 atom stereocenters. The maximum absolute atomic E-state index is 11.9. The minimum atomic E-state index is -0.847. The molecule has 0 aliphatic carbocycles. The lowest BCUT2D eigenvalue weighted by Gasteiger charge is -2.33. The topological polar surface area (TPSA) is 67.8 Å². The number of methoxy groups -OCH3 is 1. The van der Waals surface area contributed by atoms with Gasteiger partial charge < -0.3 is 19.9 Å². The Morgan fingerprint density at radius 2 is 1.79 bits per heavy atom. The summed E-state index contributed by atoms with van der Waals surface area (Å²) < 4.78 is 11.7. The molecule has 0 spiro atoms. The molecule has 33 heavy (non-hydrogen) atoms. The van der Waals surface area contributed by atoms with Gasteiger partial charge in [0.2, 0.25) is 0 Å². The summed E-state index contributed by atoms with van der Waals surface area (Å²) in [5, 5.41) is 12.9. The van der Waals surface area contributed by atoms with E-state index in [9.17, 15) is 9.90 Å². The van der Waals surface area contributed by atoms with Gasteiger partial charge in [-0.3, -0.25) is 0 Å². The standard InChI is InChI=1S/C28H31NO4/c1-28(2,3)20-11-12-23-22(15-20)21(16-24(29-23)27(30)31)19-10-13-25(26(14-19)32-4)33-17-18-8-6-5-7-9-18/h5-15,21,24,29H,16-17H2,1-4H3,(H,30,31). The maximum atomic E-state index is 11.9. The Balaban J connectivity index is 1.68. The van der Waals surface area contributed by atoms with E-state index in [0.29, 0.717) is 24.5 Å². The van der Waals surface area contributed by atoms with Crippen LogP contribution >= 0.6 is 0 Å². The first-order chi connectivity index (χ1) is 15.8. The first-order valence-corrected chi connectivity index (χ1v) is 11.2. The summed E-state index contributed by atoms with van der Waals surface area (Å²) in [6.45, 7) is 6.99. The summed E-state index contributed by atoms with van der Waals surface area (Å²) in [6.07, 6.45) is 0.462. The van der Waals surface area contributed by atoms with Gasteiger partial charge in [0.1, 0.15) is 12.6 Å². The summed E-state index contributed by atoms with van der Waals surface area (Å²) in [4.78, 5) is 11.9. The number of ether oxygens (including phenoxy) is 2. The van der Waals surface area contributed by atoms with E-state index in [1.807, 2.05) is 54.6 Å². The van der Waals surface area contributed by atoms with Crippen molar-refractivity contribution in [3.05, 3.63) is 89.0 Å². The SMILES string of the molecule is COc1cc(C2CC(C(=O)O)Nc3ccc(C(C)(C)C)cc32)ccc1OCc1ccccc1. The van der Waals surface area contributed by atoms with Gasteiger partial charge in [-0.25, -0.2) is 4.79 Å². The van der Waals surface area contributed by atoms with Gasteiger partial charge in [-0.1, -0.05) is 69.3 Å². The second-order valence-corrected chi connectivity index (χ2v) is 9.56. The van der Waals surface area contributed by atoms with Crippen molar-refractivity contribution >= 4 is 11.7 Å². The third kappa shape index (κ3) is 4.98. The zero-order valence-electron chi connectivity index (χ0n) is 19.6. The van der Waals surface area contributed by atoms with E-state index in [4.69, 9.17) is 9.47 Å². The van der Waals surface area contributed by atoms with Crippen LogP contribution in [0.2, 0.25) is 0 Å². The first-order valence-electron chi connectivity index (χ1n) is 11.2. The van der Waals surface area contributed by atoms with Crippen molar-refractivity contribution in [2.45, 2.75) is 51.2 Å². The van der Waals surface area contributed by atoms with Crippen molar-refractivity contribution < 1.29 is 19.4 Å². The van der Waals surface area contributed by atoms with E-state index in [-0.39, 0.29) is 11.3 Å². The van der Waals surface area contributed by atoms with Crippen LogP contribution in [0.15, 0.2) is 66.7 Å². The van der Waals surface area contributed by atoms with Crippen LogP contribution in [0.3, 0.4) is 0 Å². The van der Waals surface area contributed by atoms with E-state index < -0.39 is 12.0 Å². The number of hydrogen-bond donors (Lipinski definition) is 2. The lowest BCUT2D eigenvalue weighted by atomic mass is 9.78. The van der Waals surface area contributed by atoms with Gasteiger partial charge in [0.15, 0.2) is 11.5 Å². The molecular formula is C28H31NO4. The molecule has 0 radical (unpaired) electrons. The van der Waals surface area contributed by atoms with Crippen LogP contribution in [0.1, 0.15) is 55.4 Å². The second-order valence-electron chi connectivity index (χ2n) is 9.56. The fourth-order valence-electron chi connectivity index (χ4n) is 4.29. The molecule has 0 aromatic heterocycles. The number of aliphatic carboxylic acids is 1. The van der Waals surface area contributed by atoms with E-state index >= 15 is 0 Å². The molecule has 1 aliphatic heterocycles. The number of anilines is 1. The molecule has 3 aromatic rings. The Kier molecular flexibility index (Phi) is 6.32. The number of nitrogens with one attached hydrogen (secondary N) is 1. The largest absolute Gasteiger partial charge is 0.493 e. The maximum Gasteiger partial charge on any atom is 0.326 e. The smallest absolute Gasteiger partial charge is 0.326 e. The van der Waals surface area contributed by atoms with Crippen LogP contribution in [0.4, 0.5) is 5.69 Å². The average Bonchev–Trinajstić information content (AvgIpc) is 2.81. The van der Waals surface area contributed by atoms with Crippen LogP contribution in [0.25, 0.3) is 0 Å². The van der Waals surface area contributed by atoms with Crippen molar-refractivity contribution in [1.82, 2.24) is 0 Å². The van der Waals surface area contributed by atoms with Gasteiger partial charge >= 0.3 is 5.97 Å². The summed E-state index contributed by atoms with van der Waals surface area (Å²) >= 11 is 0. The summed E-state index contributed by atoms with van der Waals surface area (Å²) in [5.74, 6) is 0.391. The molecule has 2 unspecified atom stereocenters. The third-order valence-electron chi connectivity index (χ3n) is 6.22. The molecular weight excluding hydrogens is 414 g/mol. The van der Waals surface area contributed by atoms with E-state index in [1.54, 1.807) is 7.11 Å². The Labute approximate surface area is 195 Å². The highest BCUT2D eigenvalue weighted by Gasteiger charge is 2.33. The van der Waals surface area contributed by atoms with Crippen LogP contribution in [-0.4, -0.2) is 24.2 Å². The van der Waals surface area contributed by atoms with Crippen LogP contribution in [0.5, 0.6) is 11.5 Å². The molecule has 3 aromatic carbocycles. The molecule has 0 saturated heterocycles. The summed E-state index contributed by atoms with van der Waals surface area (Å²) in [7, 11) is 1.63. The summed E-state index contributed by atoms with van der Waals surface area (Å²) in [6, 6.07) is 21.5. The van der Waals surface area contributed by atoms with Crippen LogP contribution < -0.4 is 14.8 Å². The number of rotatable bonds is 6. The number of carboxylic acids is 1. The molecule has 1 heterocycles. The molecule has 1 aliphatic rings. The molecule has 0 amide bonds. The number of hydrogen-bond acceptors (Lipinski definition) is 4. The monoisotopic (exact) mass is 445 g/mol. The quantitative estimate of drug-likeness (QED) is 0.489. The zero-order chi connectivity index (χ0) is 23.6. The Morgan fingerprint density at radius 3 is 2.45 bits per heavy atom. The lowest BCUT2D eigenvalue weighted by Crippen LogP contribution is -2.35. The number of carbonyl (C=O) groups is 1. The van der Waals surface area contributed by atoms with Gasteiger partial charge in [-0.05, 0) is 52.3 Å². The van der Waals surface area contributed by atoms with Gasteiger partial charge in [0, 0.05) is 11.6 Å². The second kappa shape index (κ2) is 9.18. The number of benzene rings is 3. The van der Waals surface area contributed by atoms with Gasteiger partial charge in [-0.15, -0.1) is 0 Å². The third-order valence-corrected chi connectivity index (χ3v) is 6.22. The molecule has 0 fully saturated rings. The van der Waals surface area contributed by atoms with Crippen molar-refractivity contribution in [3.8, 4) is 11.5 Å². The number of fused-ring (bicyclic) bond motifs is 1. The van der Waals surface area contributed by atoms with E-state index in [2.05, 4.69) is 38.2 Å². The summed E-state index contributed by atoms with van der Waals surface area (Å²) in [5.41, 5.74) is 5.29. The predicted octanol–water partition coefficient (Wildman–Crippen LogP) is 5.97. The van der Waals surface area contributed by atoms with Gasteiger partial charge in [-0.2, -0.15) is 0 Å². The van der Waals surface area contributed by atoms with Gasteiger partial charge in [0.05, 0.1) is 7.11 Å². The Bertz CT molecular complexity index is 1130. The first kappa shape index (κ1) is 22.7. The van der Waals surface area contributed by atoms with Crippen molar-refractivity contribution in [3.63, 3.8) is 0 Å². The van der Waals surface area contributed by atoms with E-state index in [1.165, 1.54) is 5.56 Å². The fraction of sp³-hybridized carbons (Fsp3) is 0.321. The lowest BCUT2D eigenvalue weighted by molar-refractivity contribution is -0.138. The van der Waals surface area contributed by atoms with Crippen LogP contribution in [-0.2, 0) is 16.8 Å². The minimum absolute atomic E-state index is 0.00392. The zero-order valence-corrected chi connectivity index (χ0v) is 19.6. The minimum Gasteiger partial charge on any atom is -0.493 e. The van der Waals surface area contributed by atoms with Crippen molar-refractivity contribution in [2.75, 3.05) is 12.4 Å². The predicted molar refractivity (Wildman–Crippen MR) is 130 cm³/mol. The van der Waals surface area contributed by atoms with Crippen LogP contribution in [0, 0.1) is 0 Å². The highest BCUT2D eigenvalue weighted by molar-refractivity contribution is 5.80. The molecule has 4 rings (SSSR count). The molecule has 0 bridgehead atoms.